The van der Waals surface area contributed by atoms with Gasteiger partial charge in [0, 0.05) is 38.8 Å². The van der Waals surface area contributed by atoms with Crippen molar-refractivity contribution >= 4 is 0 Å². The number of hydrogen-bond donors (Lipinski definition) is 1. The highest BCUT2D eigenvalue weighted by Gasteiger charge is 2.29. The smallest absolute Gasteiger partial charge is 0.0130 e. The number of nitrogens with zero attached hydrogens (tertiary/aromatic N) is 2. The van der Waals surface area contributed by atoms with Crippen molar-refractivity contribution in [1.29, 1.82) is 0 Å². The van der Waals surface area contributed by atoms with Gasteiger partial charge in [-0.15, -0.1) is 0 Å². The van der Waals surface area contributed by atoms with E-state index in [-0.39, 0.29) is 0 Å². The fourth-order valence-corrected chi connectivity index (χ4v) is 3.40. The predicted octanol–water partition coefficient (Wildman–Crippen LogP) is 1.01. The second-order valence-corrected chi connectivity index (χ2v) is 5.41. The van der Waals surface area contributed by atoms with Crippen LogP contribution in [0.15, 0.2) is 0 Å². The van der Waals surface area contributed by atoms with E-state index in [9.17, 15) is 0 Å². The van der Waals surface area contributed by atoms with Gasteiger partial charge in [-0.25, -0.2) is 0 Å². The Kier molecular flexibility index (Phi) is 4.62. The molecule has 16 heavy (non-hydrogen) atoms. The molecule has 0 saturated carbocycles. The minimum Gasteiger partial charge on any atom is -0.314 e. The average molecular weight is 225 g/mol. The number of nitrogens with one attached hydrogen (secondary N) is 1. The summed E-state index contributed by atoms with van der Waals surface area (Å²) < 4.78 is 0. The summed E-state index contributed by atoms with van der Waals surface area (Å²) in [4.78, 5) is 5.24. The lowest BCUT2D eigenvalue weighted by Gasteiger charge is -2.41. The summed E-state index contributed by atoms with van der Waals surface area (Å²) in [7, 11) is 2.30. The fourth-order valence-electron chi connectivity index (χ4n) is 3.40. The first-order chi connectivity index (χ1) is 7.81. The van der Waals surface area contributed by atoms with Crippen LogP contribution in [0.5, 0.6) is 0 Å². The number of hydrogen-bond acceptors (Lipinski definition) is 3. The molecular formula is C13H27N3. The highest BCUT2D eigenvalue weighted by atomic mass is 15.2. The fraction of sp³-hybridized carbons (Fsp3) is 1.00. The lowest BCUT2D eigenvalue weighted by atomic mass is 9.87. The predicted molar refractivity (Wildman–Crippen MR) is 68.7 cm³/mol. The van der Waals surface area contributed by atoms with Crippen LogP contribution < -0.4 is 5.32 Å². The molecule has 2 rings (SSSR count). The van der Waals surface area contributed by atoms with E-state index in [0.29, 0.717) is 0 Å². The van der Waals surface area contributed by atoms with Crippen LogP contribution in [0.2, 0.25) is 0 Å². The molecule has 94 valence electrons. The Morgan fingerprint density at radius 3 is 2.62 bits per heavy atom. The van der Waals surface area contributed by atoms with E-state index in [4.69, 9.17) is 0 Å². The molecule has 0 unspecified atom stereocenters. The third-order valence-corrected chi connectivity index (χ3v) is 4.32. The minimum atomic E-state index is 0.823. The Labute approximate surface area is 100 Å². The number of rotatable bonds is 3. The van der Waals surface area contributed by atoms with Crippen LogP contribution in [-0.4, -0.2) is 62.2 Å². The molecule has 3 nitrogen and oxygen atoms in total. The molecule has 1 N–H and O–H groups in total. The maximum atomic E-state index is 3.43. The van der Waals surface area contributed by atoms with Gasteiger partial charge in [-0.05, 0) is 38.8 Å². The summed E-state index contributed by atoms with van der Waals surface area (Å²) in [6, 6.07) is 0.823. The van der Waals surface area contributed by atoms with E-state index in [1.54, 1.807) is 0 Å². The molecule has 0 aromatic rings. The van der Waals surface area contributed by atoms with Crippen LogP contribution >= 0.6 is 0 Å². The van der Waals surface area contributed by atoms with E-state index in [1.807, 2.05) is 0 Å². The average Bonchev–Trinajstić information content (AvgIpc) is 2.31. The molecule has 2 aliphatic heterocycles. The summed E-state index contributed by atoms with van der Waals surface area (Å²) >= 11 is 0. The van der Waals surface area contributed by atoms with Crippen molar-refractivity contribution in [1.82, 2.24) is 15.1 Å². The van der Waals surface area contributed by atoms with Crippen LogP contribution in [0.4, 0.5) is 0 Å². The SMILES string of the molecule is CC[C@@H]1[C@@H](CN2CCNCC2)CCCN1C. The molecule has 2 aliphatic rings. The number of piperazine rings is 1. The molecule has 0 spiro atoms. The van der Waals surface area contributed by atoms with Crippen LogP contribution in [0.3, 0.4) is 0 Å². The van der Waals surface area contributed by atoms with Crippen LogP contribution in [-0.2, 0) is 0 Å². The lowest BCUT2D eigenvalue weighted by Crippen LogP contribution is -2.50. The van der Waals surface area contributed by atoms with Gasteiger partial charge in [0.05, 0.1) is 0 Å². The van der Waals surface area contributed by atoms with E-state index in [1.165, 1.54) is 58.5 Å². The molecule has 3 heteroatoms. The number of likely N-dealkylation sites (tertiary alicyclic amines) is 1. The van der Waals surface area contributed by atoms with Crippen LogP contribution in [0.25, 0.3) is 0 Å². The summed E-state index contributed by atoms with van der Waals surface area (Å²) in [6.07, 6.45) is 4.14. The Balaban J connectivity index is 1.85. The quantitative estimate of drug-likeness (QED) is 0.773. The van der Waals surface area contributed by atoms with Crippen molar-refractivity contribution in [2.24, 2.45) is 5.92 Å². The largest absolute Gasteiger partial charge is 0.314 e. The lowest BCUT2D eigenvalue weighted by molar-refractivity contribution is 0.0804. The second kappa shape index (κ2) is 5.99. The van der Waals surface area contributed by atoms with Gasteiger partial charge in [0.2, 0.25) is 0 Å². The van der Waals surface area contributed by atoms with Crippen molar-refractivity contribution in [3.05, 3.63) is 0 Å². The van der Waals surface area contributed by atoms with Gasteiger partial charge in [-0.1, -0.05) is 6.92 Å². The van der Waals surface area contributed by atoms with E-state index in [2.05, 4.69) is 29.1 Å². The maximum absolute atomic E-state index is 3.43. The van der Waals surface area contributed by atoms with Gasteiger partial charge in [-0.2, -0.15) is 0 Å². The molecule has 0 aromatic carbocycles. The molecule has 0 radical (unpaired) electrons. The Morgan fingerprint density at radius 1 is 1.19 bits per heavy atom. The van der Waals surface area contributed by atoms with Crippen molar-refractivity contribution < 1.29 is 0 Å². The first-order valence-corrected chi connectivity index (χ1v) is 6.94. The first kappa shape index (κ1) is 12.3. The number of piperidine rings is 1. The molecule has 2 heterocycles. The molecule has 0 aliphatic carbocycles. The summed E-state index contributed by atoms with van der Waals surface area (Å²) in [5.41, 5.74) is 0. The van der Waals surface area contributed by atoms with Crippen molar-refractivity contribution in [2.75, 3.05) is 46.3 Å². The zero-order valence-corrected chi connectivity index (χ0v) is 10.9. The van der Waals surface area contributed by atoms with Gasteiger partial charge in [0.1, 0.15) is 0 Å². The van der Waals surface area contributed by atoms with Crippen molar-refractivity contribution in [2.45, 2.75) is 32.2 Å². The van der Waals surface area contributed by atoms with E-state index >= 15 is 0 Å². The maximum Gasteiger partial charge on any atom is 0.0130 e. The topological polar surface area (TPSA) is 18.5 Å². The minimum absolute atomic E-state index is 0.823. The highest BCUT2D eigenvalue weighted by molar-refractivity contribution is 4.84. The van der Waals surface area contributed by atoms with Gasteiger partial charge < -0.3 is 15.1 Å². The third-order valence-electron chi connectivity index (χ3n) is 4.32. The summed E-state index contributed by atoms with van der Waals surface area (Å²) in [5.74, 6) is 0.904. The van der Waals surface area contributed by atoms with Gasteiger partial charge in [0.15, 0.2) is 0 Å². The van der Waals surface area contributed by atoms with Gasteiger partial charge in [0.25, 0.3) is 0 Å². The molecule has 2 atom stereocenters. The Bertz CT molecular complexity index is 201. The first-order valence-electron chi connectivity index (χ1n) is 6.94. The molecule has 0 amide bonds. The van der Waals surface area contributed by atoms with Crippen molar-refractivity contribution in [3.63, 3.8) is 0 Å². The van der Waals surface area contributed by atoms with Crippen LogP contribution in [0, 0.1) is 5.92 Å². The second-order valence-electron chi connectivity index (χ2n) is 5.41. The third kappa shape index (κ3) is 2.96. The molecule has 2 fully saturated rings. The molecule has 0 aromatic heterocycles. The van der Waals surface area contributed by atoms with Gasteiger partial charge >= 0.3 is 0 Å². The Hall–Kier alpha value is -0.120. The van der Waals surface area contributed by atoms with Crippen molar-refractivity contribution in [3.8, 4) is 0 Å². The monoisotopic (exact) mass is 225 g/mol. The van der Waals surface area contributed by atoms with Crippen LogP contribution in [0.1, 0.15) is 26.2 Å². The molecule has 2 saturated heterocycles. The van der Waals surface area contributed by atoms with E-state index in [0.717, 1.165) is 12.0 Å². The highest BCUT2D eigenvalue weighted by Crippen LogP contribution is 2.25. The Morgan fingerprint density at radius 2 is 1.94 bits per heavy atom. The molecule has 0 bridgehead atoms. The molecular weight excluding hydrogens is 198 g/mol. The summed E-state index contributed by atoms with van der Waals surface area (Å²) in [6.45, 7) is 9.82. The van der Waals surface area contributed by atoms with E-state index < -0.39 is 0 Å². The van der Waals surface area contributed by atoms with Gasteiger partial charge in [-0.3, -0.25) is 0 Å². The zero-order valence-electron chi connectivity index (χ0n) is 10.9. The standard InChI is InChI=1S/C13H27N3/c1-3-13-12(5-4-8-15(13)2)11-16-9-6-14-7-10-16/h12-14H,3-11H2,1-2H3/t12-,13-/m1/s1. The normalized spacial score (nSPS) is 34.1. The zero-order chi connectivity index (χ0) is 11.4. The summed E-state index contributed by atoms with van der Waals surface area (Å²) in [5, 5.41) is 3.43.